The highest BCUT2D eigenvalue weighted by Gasteiger charge is 2.52. The second kappa shape index (κ2) is 13.4. The third-order valence-electron chi connectivity index (χ3n) is 7.17. The molecule has 2 N–H and O–H groups in total. The molecule has 1 heterocycles. The van der Waals surface area contributed by atoms with Crippen molar-refractivity contribution in [3.05, 3.63) is 112 Å². The Morgan fingerprint density at radius 3 is 1.93 bits per heavy atom. The molecule has 5 rings (SSSR count). The van der Waals surface area contributed by atoms with Crippen molar-refractivity contribution < 1.29 is 51.2 Å². The third-order valence-corrected chi connectivity index (χ3v) is 9.23. The number of carboxylic acid groups (broad SMARTS) is 1. The molecule has 1 fully saturated rings. The van der Waals surface area contributed by atoms with Crippen molar-refractivity contribution in [1.82, 2.24) is 0 Å². The van der Waals surface area contributed by atoms with Crippen LogP contribution < -0.4 is 4.72 Å². The topological polar surface area (TPSA) is 155 Å². The molecule has 11 nitrogen and oxygen atoms in total. The molecular weight excluding hydrogens is 633 g/mol. The average Bonchev–Trinajstić information content (AvgIpc) is 3.36. The van der Waals surface area contributed by atoms with Gasteiger partial charge in [-0.25, -0.2) is 27.2 Å². The summed E-state index contributed by atoms with van der Waals surface area (Å²) in [7, 11) is -4.40. The Morgan fingerprint density at radius 2 is 1.44 bits per heavy atom. The number of hydrogen-bond donors (Lipinski definition) is 2. The molecule has 0 radical (unpaired) electrons. The number of esters is 2. The number of carbonyl (C=O) groups excluding carboxylic acids is 2. The maximum Gasteiger partial charge on any atom is 0.338 e. The molecular formula is C31H27ClFNO10S. The molecule has 45 heavy (non-hydrogen) atoms. The van der Waals surface area contributed by atoms with Gasteiger partial charge < -0.3 is 24.1 Å². The first-order chi connectivity index (χ1) is 21.5. The van der Waals surface area contributed by atoms with Crippen LogP contribution in [0, 0.1) is 5.82 Å². The van der Waals surface area contributed by atoms with Gasteiger partial charge in [0.05, 0.1) is 27.4 Å². The summed E-state index contributed by atoms with van der Waals surface area (Å²) in [5, 5.41) is 8.25. The Balaban J connectivity index is 1.37. The van der Waals surface area contributed by atoms with Crippen LogP contribution in [0.5, 0.6) is 0 Å². The highest BCUT2D eigenvalue weighted by molar-refractivity contribution is 7.93. The summed E-state index contributed by atoms with van der Waals surface area (Å²) in [6, 6.07) is 19.4. The lowest BCUT2D eigenvalue weighted by Crippen LogP contribution is -2.42. The molecule has 0 aromatic heterocycles. The van der Waals surface area contributed by atoms with Crippen LogP contribution in [0.15, 0.2) is 90.5 Å². The van der Waals surface area contributed by atoms with E-state index in [4.69, 9.17) is 30.5 Å². The van der Waals surface area contributed by atoms with Gasteiger partial charge in [0.1, 0.15) is 36.5 Å². The molecule has 2 aliphatic rings. The Morgan fingerprint density at radius 1 is 0.911 bits per heavy atom. The van der Waals surface area contributed by atoms with Gasteiger partial charge in [0, 0.05) is 6.42 Å². The minimum absolute atomic E-state index is 0.126. The molecule has 236 valence electrons. The molecule has 3 aromatic rings. The number of carboxylic acids is 1. The van der Waals surface area contributed by atoms with E-state index in [-0.39, 0.29) is 47.9 Å². The molecule has 0 amide bonds. The lowest BCUT2D eigenvalue weighted by atomic mass is 9.94. The van der Waals surface area contributed by atoms with Gasteiger partial charge in [0.2, 0.25) is 10.0 Å². The summed E-state index contributed by atoms with van der Waals surface area (Å²) < 4.78 is 65.4. The number of ether oxygens (including phenoxy) is 4. The molecule has 3 aromatic carbocycles. The van der Waals surface area contributed by atoms with E-state index in [1.165, 1.54) is 0 Å². The molecule has 1 unspecified atom stereocenters. The number of carbonyl (C=O) groups is 3. The van der Waals surface area contributed by atoms with Crippen molar-refractivity contribution in [2.24, 2.45) is 0 Å². The van der Waals surface area contributed by atoms with Crippen LogP contribution in [-0.4, -0.2) is 67.9 Å². The molecule has 1 spiro atoms. The first-order valence-corrected chi connectivity index (χ1v) is 15.6. The van der Waals surface area contributed by atoms with Gasteiger partial charge in [0.25, 0.3) is 0 Å². The Labute approximate surface area is 262 Å². The second-order valence-electron chi connectivity index (χ2n) is 10.3. The maximum atomic E-state index is 13.5. The van der Waals surface area contributed by atoms with Crippen LogP contribution in [-0.2, 0) is 33.8 Å². The van der Waals surface area contributed by atoms with E-state index in [0.717, 1.165) is 24.3 Å². The van der Waals surface area contributed by atoms with Crippen LogP contribution in [0.1, 0.15) is 33.6 Å². The fourth-order valence-electron chi connectivity index (χ4n) is 5.00. The molecule has 3 atom stereocenters. The quantitative estimate of drug-likeness (QED) is 0.295. The SMILES string of the molecule is O=C(O)C1=CC2(CCC1S(=O)(=O)Nc1ccc(F)cc1Cl)O[C@H](COC(=O)c1ccccc1)[C@@H](COC(=O)c1ccccc1)O2. The van der Waals surface area contributed by atoms with E-state index in [1.54, 1.807) is 60.7 Å². The number of hydrogen-bond acceptors (Lipinski definition) is 9. The zero-order valence-corrected chi connectivity index (χ0v) is 25.0. The van der Waals surface area contributed by atoms with E-state index in [9.17, 15) is 32.3 Å². The predicted molar refractivity (Wildman–Crippen MR) is 159 cm³/mol. The summed E-state index contributed by atoms with van der Waals surface area (Å²) in [5.74, 6) is -5.27. The molecule has 0 bridgehead atoms. The molecule has 1 aliphatic heterocycles. The zero-order chi connectivity index (χ0) is 32.2. The number of benzene rings is 3. The standard InChI is InChI=1S/C31H27ClFNO10S/c32-23-15-21(33)11-12-24(23)34-45(39,40)27-13-14-31(16-22(27)28(35)36)43-25(17-41-29(37)19-7-3-1-4-8-19)26(44-31)18-42-30(38)20-9-5-2-6-10-20/h1-12,15-16,25-27,34H,13-14,17-18H2,(H,35,36)/t25-,26-,27?/m1/s1. The van der Waals surface area contributed by atoms with Gasteiger partial charge in [-0.1, -0.05) is 48.0 Å². The molecule has 1 saturated heterocycles. The Kier molecular flexibility index (Phi) is 9.53. The third kappa shape index (κ3) is 7.51. The number of aliphatic carboxylic acids is 1. The number of sulfonamides is 1. The molecule has 14 heteroatoms. The van der Waals surface area contributed by atoms with E-state index >= 15 is 0 Å². The van der Waals surface area contributed by atoms with Gasteiger partial charge >= 0.3 is 17.9 Å². The lowest BCUT2D eigenvalue weighted by molar-refractivity contribution is -0.153. The normalized spacial score (nSPS) is 20.7. The highest BCUT2D eigenvalue weighted by Crippen LogP contribution is 2.42. The van der Waals surface area contributed by atoms with Crippen LogP contribution in [0.4, 0.5) is 10.1 Å². The van der Waals surface area contributed by atoms with Crippen LogP contribution >= 0.6 is 11.6 Å². The molecule has 1 aliphatic carbocycles. The summed E-state index contributed by atoms with van der Waals surface area (Å²) in [4.78, 5) is 37.6. The van der Waals surface area contributed by atoms with Crippen molar-refractivity contribution in [1.29, 1.82) is 0 Å². The van der Waals surface area contributed by atoms with Crippen molar-refractivity contribution >= 4 is 45.2 Å². The van der Waals surface area contributed by atoms with E-state index < -0.39 is 62.6 Å². The predicted octanol–water partition coefficient (Wildman–Crippen LogP) is 4.59. The van der Waals surface area contributed by atoms with Gasteiger partial charge in [-0.15, -0.1) is 0 Å². The van der Waals surface area contributed by atoms with E-state index in [1.807, 2.05) is 0 Å². The van der Waals surface area contributed by atoms with Gasteiger partial charge in [0.15, 0.2) is 5.79 Å². The minimum atomic E-state index is -4.40. The van der Waals surface area contributed by atoms with E-state index in [2.05, 4.69) is 4.72 Å². The van der Waals surface area contributed by atoms with E-state index in [0.29, 0.717) is 0 Å². The minimum Gasteiger partial charge on any atom is -0.478 e. The van der Waals surface area contributed by atoms with Gasteiger partial charge in [-0.3, -0.25) is 4.72 Å². The van der Waals surface area contributed by atoms with Crippen LogP contribution in [0.3, 0.4) is 0 Å². The van der Waals surface area contributed by atoms with Crippen LogP contribution in [0.2, 0.25) is 5.02 Å². The number of anilines is 1. The van der Waals surface area contributed by atoms with Crippen molar-refractivity contribution in [3.63, 3.8) is 0 Å². The summed E-state index contributed by atoms with van der Waals surface area (Å²) in [5.41, 5.74) is -0.109. The number of nitrogens with one attached hydrogen (secondary N) is 1. The van der Waals surface area contributed by atoms with Gasteiger partial charge in [-0.05, 0) is 55.0 Å². The lowest BCUT2D eigenvalue weighted by Gasteiger charge is -2.33. The summed E-state index contributed by atoms with van der Waals surface area (Å²) in [6.45, 7) is -0.683. The zero-order valence-electron chi connectivity index (χ0n) is 23.4. The first-order valence-electron chi connectivity index (χ1n) is 13.7. The number of rotatable bonds is 10. The monoisotopic (exact) mass is 659 g/mol. The average molecular weight is 660 g/mol. The van der Waals surface area contributed by atoms with Crippen molar-refractivity contribution in [2.75, 3.05) is 17.9 Å². The highest BCUT2D eigenvalue weighted by atomic mass is 35.5. The largest absolute Gasteiger partial charge is 0.478 e. The smallest absolute Gasteiger partial charge is 0.338 e. The molecule has 0 saturated carbocycles. The van der Waals surface area contributed by atoms with Gasteiger partial charge in [-0.2, -0.15) is 0 Å². The fraction of sp³-hybridized carbons (Fsp3) is 0.258. The summed E-state index contributed by atoms with van der Waals surface area (Å²) in [6.07, 6.45) is -1.37. The van der Waals surface area contributed by atoms with Crippen molar-refractivity contribution in [3.8, 4) is 0 Å². The second-order valence-corrected chi connectivity index (χ2v) is 12.5. The van der Waals surface area contributed by atoms with Crippen molar-refractivity contribution in [2.45, 2.75) is 36.1 Å². The fourth-order valence-corrected chi connectivity index (χ4v) is 6.83. The number of halogens is 2. The summed E-state index contributed by atoms with van der Waals surface area (Å²) >= 11 is 5.98. The Bertz CT molecular complexity index is 1660. The Hall–Kier alpha value is -4.30. The van der Waals surface area contributed by atoms with Crippen LogP contribution in [0.25, 0.3) is 0 Å². The maximum absolute atomic E-state index is 13.5. The first kappa shape index (κ1) is 32.1.